The summed E-state index contributed by atoms with van der Waals surface area (Å²) in [7, 11) is 0. The highest BCUT2D eigenvalue weighted by Crippen LogP contribution is 2.31. The Hall–Kier alpha value is 0.270. The minimum absolute atomic E-state index is 0.135. The van der Waals surface area contributed by atoms with Crippen LogP contribution in [0, 0.1) is 0 Å². The Morgan fingerprint density at radius 2 is 2.00 bits per heavy atom. The minimum Gasteiger partial charge on any atom is -0.324 e. The summed E-state index contributed by atoms with van der Waals surface area (Å²) in [4.78, 5) is 2.62. The molecule has 0 radical (unpaired) electrons. The maximum Gasteiger partial charge on any atom is 0.0283 e. The molecule has 0 spiro atoms. The van der Waals surface area contributed by atoms with E-state index in [4.69, 9.17) is 5.73 Å². The summed E-state index contributed by atoms with van der Waals surface area (Å²) < 4.78 is 0. The predicted octanol–water partition coefficient (Wildman–Crippen LogP) is 2.08. The molecule has 1 aliphatic heterocycles. The summed E-state index contributed by atoms with van der Waals surface area (Å²) in [5, 5.41) is 0.767. The number of hydrogen-bond acceptors (Lipinski definition) is 3. The Balaban J connectivity index is 1.92. The zero-order valence-electron chi connectivity index (χ0n) is 10.0. The van der Waals surface area contributed by atoms with Gasteiger partial charge in [0.25, 0.3) is 0 Å². The third-order valence-electron chi connectivity index (χ3n) is 4.13. The van der Waals surface area contributed by atoms with Gasteiger partial charge in [0.2, 0.25) is 0 Å². The number of thioether (sulfide) groups is 1. The number of hydrogen-bond donors (Lipinski definition) is 1. The van der Waals surface area contributed by atoms with Gasteiger partial charge >= 0.3 is 0 Å². The standard InChI is InChI=1S/C12H24N2S/c1-10-11(2)15-8-7-14(10)9-12(13)5-3-4-6-12/h10-11H,3-9,13H2,1-2H3. The molecule has 2 nitrogen and oxygen atoms in total. The molecule has 2 fully saturated rings. The molecule has 2 aliphatic rings. The first-order chi connectivity index (χ1) is 7.11. The van der Waals surface area contributed by atoms with Crippen LogP contribution in [0.5, 0.6) is 0 Å². The van der Waals surface area contributed by atoms with Crippen molar-refractivity contribution in [1.82, 2.24) is 4.90 Å². The highest BCUT2D eigenvalue weighted by molar-refractivity contribution is 8.00. The Morgan fingerprint density at radius 1 is 1.33 bits per heavy atom. The van der Waals surface area contributed by atoms with E-state index in [1.165, 1.54) is 38.0 Å². The van der Waals surface area contributed by atoms with E-state index in [9.17, 15) is 0 Å². The summed E-state index contributed by atoms with van der Waals surface area (Å²) in [5.41, 5.74) is 6.58. The van der Waals surface area contributed by atoms with Crippen molar-refractivity contribution in [3.63, 3.8) is 0 Å². The highest BCUT2D eigenvalue weighted by atomic mass is 32.2. The minimum atomic E-state index is 0.135. The Kier molecular flexibility index (Phi) is 3.63. The van der Waals surface area contributed by atoms with Crippen LogP contribution in [0.15, 0.2) is 0 Å². The molecule has 1 saturated carbocycles. The van der Waals surface area contributed by atoms with Gasteiger partial charge in [-0.05, 0) is 19.8 Å². The fourth-order valence-corrected chi connectivity index (χ4v) is 4.02. The summed E-state index contributed by atoms with van der Waals surface area (Å²) in [6.45, 7) is 7.06. The van der Waals surface area contributed by atoms with E-state index < -0.39 is 0 Å². The molecule has 0 amide bonds. The average molecular weight is 228 g/mol. The molecule has 1 aliphatic carbocycles. The van der Waals surface area contributed by atoms with Crippen LogP contribution in [-0.2, 0) is 0 Å². The molecule has 3 heteroatoms. The van der Waals surface area contributed by atoms with Crippen molar-refractivity contribution in [1.29, 1.82) is 0 Å². The zero-order valence-corrected chi connectivity index (χ0v) is 10.9. The quantitative estimate of drug-likeness (QED) is 0.784. The van der Waals surface area contributed by atoms with Gasteiger partial charge in [0.1, 0.15) is 0 Å². The fourth-order valence-electron chi connectivity index (χ4n) is 2.86. The van der Waals surface area contributed by atoms with E-state index in [0.717, 1.165) is 11.8 Å². The number of rotatable bonds is 2. The molecule has 2 rings (SSSR count). The number of nitrogens with two attached hydrogens (primary N) is 1. The van der Waals surface area contributed by atoms with Gasteiger partial charge in [-0.3, -0.25) is 4.90 Å². The molecule has 2 atom stereocenters. The van der Waals surface area contributed by atoms with Gasteiger partial charge in [0, 0.05) is 35.7 Å². The molecule has 2 unspecified atom stereocenters. The van der Waals surface area contributed by atoms with Crippen LogP contribution >= 0.6 is 11.8 Å². The smallest absolute Gasteiger partial charge is 0.0283 e. The van der Waals surface area contributed by atoms with Crippen molar-refractivity contribution in [3.8, 4) is 0 Å². The monoisotopic (exact) mass is 228 g/mol. The fraction of sp³-hybridized carbons (Fsp3) is 1.00. The average Bonchev–Trinajstić information content (AvgIpc) is 2.60. The van der Waals surface area contributed by atoms with Gasteiger partial charge in [0.15, 0.2) is 0 Å². The Morgan fingerprint density at radius 3 is 2.67 bits per heavy atom. The third-order valence-corrected chi connectivity index (χ3v) is 5.47. The van der Waals surface area contributed by atoms with E-state index in [2.05, 4.69) is 30.5 Å². The normalized spacial score (nSPS) is 37.0. The molecule has 0 bridgehead atoms. The largest absolute Gasteiger partial charge is 0.324 e. The first kappa shape index (κ1) is 11.7. The molecule has 88 valence electrons. The maximum atomic E-state index is 6.45. The summed E-state index contributed by atoms with van der Waals surface area (Å²) in [5.74, 6) is 1.28. The molecule has 0 aromatic carbocycles. The lowest BCUT2D eigenvalue weighted by molar-refractivity contribution is 0.165. The van der Waals surface area contributed by atoms with Crippen LogP contribution in [0.4, 0.5) is 0 Å². The third kappa shape index (κ3) is 2.69. The second-order valence-electron chi connectivity index (χ2n) is 5.36. The zero-order chi connectivity index (χ0) is 10.9. The Bertz CT molecular complexity index is 214. The van der Waals surface area contributed by atoms with Crippen LogP contribution in [0.1, 0.15) is 39.5 Å². The first-order valence-electron chi connectivity index (χ1n) is 6.25. The summed E-state index contributed by atoms with van der Waals surface area (Å²) in [6, 6.07) is 0.699. The highest BCUT2D eigenvalue weighted by Gasteiger charge is 2.35. The van der Waals surface area contributed by atoms with E-state index in [1.54, 1.807) is 0 Å². The molecule has 2 N–H and O–H groups in total. The molecule has 0 aromatic heterocycles. The Labute approximate surface area is 98.0 Å². The van der Waals surface area contributed by atoms with Crippen molar-refractivity contribution < 1.29 is 0 Å². The van der Waals surface area contributed by atoms with Crippen molar-refractivity contribution in [2.45, 2.75) is 56.4 Å². The van der Waals surface area contributed by atoms with E-state index in [0.29, 0.717) is 6.04 Å². The SMILES string of the molecule is CC1SCCN(CC2(N)CCCC2)C1C. The van der Waals surface area contributed by atoms with E-state index >= 15 is 0 Å². The van der Waals surface area contributed by atoms with Crippen molar-refractivity contribution in [3.05, 3.63) is 0 Å². The molecule has 1 saturated heterocycles. The summed E-state index contributed by atoms with van der Waals surface area (Å²) in [6.07, 6.45) is 5.14. The van der Waals surface area contributed by atoms with Gasteiger partial charge in [-0.2, -0.15) is 11.8 Å². The summed E-state index contributed by atoms with van der Waals surface area (Å²) >= 11 is 2.10. The molecular formula is C12H24N2S. The lowest BCUT2D eigenvalue weighted by atomic mass is 9.97. The van der Waals surface area contributed by atoms with Crippen LogP contribution in [0.25, 0.3) is 0 Å². The van der Waals surface area contributed by atoms with Crippen LogP contribution in [-0.4, -0.2) is 40.6 Å². The molecule has 15 heavy (non-hydrogen) atoms. The van der Waals surface area contributed by atoms with Crippen molar-refractivity contribution in [2.24, 2.45) is 5.73 Å². The maximum absolute atomic E-state index is 6.45. The van der Waals surface area contributed by atoms with E-state index in [-0.39, 0.29) is 5.54 Å². The van der Waals surface area contributed by atoms with Gasteiger partial charge in [-0.15, -0.1) is 0 Å². The van der Waals surface area contributed by atoms with Gasteiger partial charge < -0.3 is 5.73 Å². The second kappa shape index (κ2) is 4.64. The number of nitrogens with zero attached hydrogens (tertiary/aromatic N) is 1. The lowest BCUT2D eigenvalue weighted by Gasteiger charge is -2.41. The van der Waals surface area contributed by atoms with Crippen LogP contribution in [0.2, 0.25) is 0 Å². The van der Waals surface area contributed by atoms with Crippen molar-refractivity contribution >= 4 is 11.8 Å². The van der Waals surface area contributed by atoms with Gasteiger partial charge in [-0.1, -0.05) is 19.8 Å². The molecular weight excluding hydrogens is 204 g/mol. The van der Waals surface area contributed by atoms with Crippen LogP contribution < -0.4 is 5.73 Å². The molecule has 1 heterocycles. The van der Waals surface area contributed by atoms with Gasteiger partial charge in [0.05, 0.1) is 0 Å². The van der Waals surface area contributed by atoms with Crippen LogP contribution in [0.3, 0.4) is 0 Å². The molecule has 0 aromatic rings. The lowest BCUT2D eigenvalue weighted by Crippen LogP contribution is -2.54. The first-order valence-corrected chi connectivity index (χ1v) is 7.30. The second-order valence-corrected chi connectivity index (χ2v) is 6.84. The van der Waals surface area contributed by atoms with Crippen molar-refractivity contribution in [2.75, 3.05) is 18.8 Å². The van der Waals surface area contributed by atoms with E-state index in [1.807, 2.05) is 0 Å². The topological polar surface area (TPSA) is 29.3 Å². The predicted molar refractivity (Wildman–Crippen MR) is 68.3 cm³/mol. The van der Waals surface area contributed by atoms with Gasteiger partial charge in [-0.25, -0.2) is 0 Å².